The minimum Gasteiger partial charge on any atom is -0.469 e. The molecule has 0 amide bonds. The molecule has 3 atom stereocenters. The molecule has 0 saturated heterocycles. The van der Waals surface area contributed by atoms with Gasteiger partial charge in [-0.15, -0.1) is 0 Å². The normalized spacial score (nSPS) is 15.0. The lowest BCUT2D eigenvalue weighted by Gasteiger charge is -2.27. The van der Waals surface area contributed by atoms with Crippen LogP contribution in [0.15, 0.2) is 60.7 Å². The summed E-state index contributed by atoms with van der Waals surface area (Å²) in [4.78, 5) is 12.3. The van der Waals surface area contributed by atoms with Crippen molar-refractivity contribution < 1.29 is 9.53 Å². The highest BCUT2D eigenvalue weighted by Crippen LogP contribution is 2.36. The maximum atomic E-state index is 12.3. The van der Waals surface area contributed by atoms with E-state index in [4.69, 9.17) is 4.74 Å². The highest BCUT2D eigenvalue weighted by atomic mass is 16.5. The zero-order valence-electron chi connectivity index (χ0n) is 12.8. The fraction of sp³-hybridized carbons (Fsp3) is 0.316. The molecule has 0 fully saturated rings. The van der Waals surface area contributed by atoms with Crippen LogP contribution in [-0.2, 0) is 9.53 Å². The zero-order valence-corrected chi connectivity index (χ0v) is 12.8. The summed E-state index contributed by atoms with van der Waals surface area (Å²) < 4.78 is 5.04. The van der Waals surface area contributed by atoms with Crippen LogP contribution in [0.25, 0.3) is 0 Å². The summed E-state index contributed by atoms with van der Waals surface area (Å²) in [6.45, 7) is 4.28. The monoisotopic (exact) mass is 282 g/mol. The summed E-state index contributed by atoms with van der Waals surface area (Å²) in [6, 6.07) is 20.2. The minimum absolute atomic E-state index is 0.155. The van der Waals surface area contributed by atoms with Gasteiger partial charge in [0.05, 0.1) is 13.0 Å². The number of carbonyl (C=O) groups excluding carboxylic acids is 1. The topological polar surface area (TPSA) is 26.3 Å². The summed E-state index contributed by atoms with van der Waals surface area (Å²) in [7, 11) is 1.46. The van der Waals surface area contributed by atoms with Crippen LogP contribution in [0.4, 0.5) is 0 Å². The molecule has 2 heteroatoms. The number of methoxy groups -OCH3 is 1. The fourth-order valence-corrected chi connectivity index (χ4v) is 2.79. The Morgan fingerprint density at radius 1 is 0.857 bits per heavy atom. The predicted octanol–water partition coefficient (Wildman–Crippen LogP) is 4.38. The van der Waals surface area contributed by atoms with E-state index in [-0.39, 0.29) is 23.7 Å². The van der Waals surface area contributed by atoms with Gasteiger partial charge in [0.15, 0.2) is 0 Å². The van der Waals surface area contributed by atoms with E-state index in [2.05, 4.69) is 26.0 Å². The molecule has 2 aromatic rings. The molecule has 110 valence electrons. The molecule has 2 nitrogen and oxygen atoms in total. The molecule has 0 radical (unpaired) electrons. The molecule has 0 aromatic heterocycles. The van der Waals surface area contributed by atoms with Crippen molar-refractivity contribution in [3.8, 4) is 0 Å². The zero-order chi connectivity index (χ0) is 15.2. The van der Waals surface area contributed by atoms with E-state index in [0.717, 1.165) is 5.56 Å². The molecule has 0 aliphatic carbocycles. The van der Waals surface area contributed by atoms with Crippen molar-refractivity contribution in [2.45, 2.75) is 25.7 Å². The van der Waals surface area contributed by atoms with Crippen LogP contribution in [0.2, 0.25) is 0 Å². The second kappa shape index (κ2) is 7.07. The van der Waals surface area contributed by atoms with Gasteiger partial charge in [0.25, 0.3) is 0 Å². The average molecular weight is 282 g/mol. The Morgan fingerprint density at radius 3 is 1.81 bits per heavy atom. The number of hydrogen-bond acceptors (Lipinski definition) is 2. The third kappa shape index (κ3) is 3.52. The molecule has 0 N–H and O–H groups in total. The van der Waals surface area contributed by atoms with Crippen LogP contribution < -0.4 is 0 Å². The molecular formula is C19H22O2. The molecule has 0 aliphatic rings. The summed E-state index contributed by atoms with van der Waals surface area (Å²) in [5.41, 5.74) is 2.26. The van der Waals surface area contributed by atoms with E-state index in [0.29, 0.717) is 0 Å². The number of carbonyl (C=O) groups is 1. The molecule has 21 heavy (non-hydrogen) atoms. The molecule has 2 aromatic carbocycles. The summed E-state index contributed by atoms with van der Waals surface area (Å²) in [5.74, 6) is 0.0145. The van der Waals surface area contributed by atoms with E-state index in [1.54, 1.807) is 0 Å². The molecule has 0 spiro atoms. The first-order valence-corrected chi connectivity index (χ1v) is 7.33. The lowest BCUT2D eigenvalue weighted by molar-refractivity contribution is -0.143. The standard InChI is InChI=1S/C19H22O2/c1-14(16-10-6-4-7-11-16)15(2)18(19(20)21-3)17-12-8-5-9-13-17/h4-15,18H,1-3H3/t14-,15?,18?/m1/s1. The van der Waals surface area contributed by atoms with Gasteiger partial charge < -0.3 is 4.74 Å². The van der Waals surface area contributed by atoms with Gasteiger partial charge in [-0.2, -0.15) is 0 Å². The van der Waals surface area contributed by atoms with Crippen molar-refractivity contribution in [2.24, 2.45) is 5.92 Å². The second-order valence-electron chi connectivity index (χ2n) is 5.47. The smallest absolute Gasteiger partial charge is 0.313 e. The third-order valence-electron chi connectivity index (χ3n) is 4.25. The van der Waals surface area contributed by atoms with E-state index in [9.17, 15) is 4.79 Å². The molecule has 2 unspecified atom stereocenters. The lowest BCUT2D eigenvalue weighted by Crippen LogP contribution is -2.25. The van der Waals surface area contributed by atoms with Gasteiger partial charge in [0.1, 0.15) is 0 Å². The molecule has 0 bridgehead atoms. The third-order valence-corrected chi connectivity index (χ3v) is 4.25. The summed E-state index contributed by atoms with van der Waals surface area (Å²) in [5, 5.41) is 0. The van der Waals surface area contributed by atoms with Gasteiger partial charge in [-0.25, -0.2) is 0 Å². The second-order valence-corrected chi connectivity index (χ2v) is 5.47. The maximum absolute atomic E-state index is 12.3. The molecule has 0 saturated carbocycles. The van der Waals surface area contributed by atoms with E-state index < -0.39 is 0 Å². The highest BCUT2D eigenvalue weighted by Gasteiger charge is 2.31. The van der Waals surface area contributed by atoms with Crippen LogP contribution in [0.1, 0.15) is 36.8 Å². The Hall–Kier alpha value is -2.09. The Kier molecular flexibility index (Phi) is 5.15. The molecule has 2 rings (SSSR count). The van der Waals surface area contributed by atoms with Crippen molar-refractivity contribution in [3.05, 3.63) is 71.8 Å². The number of benzene rings is 2. The SMILES string of the molecule is COC(=O)C(c1ccccc1)C(C)[C@@H](C)c1ccccc1. The summed E-state index contributed by atoms with van der Waals surface area (Å²) >= 11 is 0. The molecule has 0 aliphatic heterocycles. The Balaban J connectivity index is 2.31. The Bertz CT molecular complexity index is 563. The van der Waals surface area contributed by atoms with Crippen molar-refractivity contribution in [3.63, 3.8) is 0 Å². The molecular weight excluding hydrogens is 260 g/mol. The van der Waals surface area contributed by atoms with Crippen molar-refractivity contribution in [2.75, 3.05) is 7.11 Å². The predicted molar refractivity (Wildman–Crippen MR) is 85.2 cm³/mol. The lowest BCUT2D eigenvalue weighted by atomic mass is 9.77. The van der Waals surface area contributed by atoms with Crippen molar-refractivity contribution in [1.29, 1.82) is 0 Å². The largest absolute Gasteiger partial charge is 0.469 e. The number of hydrogen-bond donors (Lipinski definition) is 0. The fourth-order valence-electron chi connectivity index (χ4n) is 2.79. The summed E-state index contributed by atoms with van der Waals surface area (Å²) in [6.07, 6.45) is 0. The first-order chi connectivity index (χ1) is 10.1. The van der Waals surface area contributed by atoms with E-state index >= 15 is 0 Å². The van der Waals surface area contributed by atoms with Crippen LogP contribution in [0.5, 0.6) is 0 Å². The average Bonchev–Trinajstić information content (AvgIpc) is 2.55. The van der Waals surface area contributed by atoms with Crippen LogP contribution in [0.3, 0.4) is 0 Å². The van der Waals surface area contributed by atoms with Gasteiger partial charge in [0, 0.05) is 0 Å². The number of esters is 1. The van der Waals surface area contributed by atoms with Crippen molar-refractivity contribution >= 4 is 5.97 Å². The van der Waals surface area contributed by atoms with E-state index in [1.807, 2.05) is 48.5 Å². The molecule has 0 heterocycles. The van der Waals surface area contributed by atoms with Gasteiger partial charge in [-0.3, -0.25) is 4.79 Å². The Morgan fingerprint density at radius 2 is 1.33 bits per heavy atom. The van der Waals surface area contributed by atoms with Gasteiger partial charge in [-0.1, -0.05) is 74.5 Å². The minimum atomic E-state index is -0.244. The van der Waals surface area contributed by atoms with Gasteiger partial charge in [0.2, 0.25) is 0 Å². The van der Waals surface area contributed by atoms with Gasteiger partial charge >= 0.3 is 5.97 Å². The van der Waals surface area contributed by atoms with Crippen LogP contribution in [0, 0.1) is 5.92 Å². The maximum Gasteiger partial charge on any atom is 0.313 e. The number of rotatable bonds is 5. The highest BCUT2D eigenvalue weighted by molar-refractivity contribution is 5.78. The first kappa shape index (κ1) is 15.3. The van der Waals surface area contributed by atoms with Crippen LogP contribution >= 0.6 is 0 Å². The number of ether oxygens (including phenoxy) is 1. The Labute approximate surface area is 126 Å². The first-order valence-electron chi connectivity index (χ1n) is 7.33. The van der Waals surface area contributed by atoms with Gasteiger partial charge in [-0.05, 0) is 23.0 Å². The van der Waals surface area contributed by atoms with Crippen LogP contribution in [-0.4, -0.2) is 13.1 Å². The van der Waals surface area contributed by atoms with E-state index in [1.165, 1.54) is 12.7 Å². The quantitative estimate of drug-likeness (QED) is 0.761. The van der Waals surface area contributed by atoms with Crippen molar-refractivity contribution in [1.82, 2.24) is 0 Å².